The normalized spacial score (nSPS) is 29.2. The summed E-state index contributed by atoms with van der Waals surface area (Å²) in [6, 6.07) is -0.239. The number of aromatic amines is 1. The van der Waals surface area contributed by atoms with E-state index in [1.807, 2.05) is 0 Å². The lowest BCUT2D eigenvalue weighted by Crippen LogP contribution is -2.53. The van der Waals surface area contributed by atoms with Crippen molar-refractivity contribution in [2.24, 2.45) is 0 Å². The summed E-state index contributed by atoms with van der Waals surface area (Å²) < 4.78 is 6.93. The summed E-state index contributed by atoms with van der Waals surface area (Å²) in [6.45, 7) is 2.21. The van der Waals surface area contributed by atoms with Gasteiger partial charge in [0.25, 0.3) is 17.2 Å². The molecule has 1 amide bonds. The molecule has 9 heteroatoms. The van der Waals surface area contributed by atoms with Crippen LogP contribution in [0.4, 0.5) is 0 Å². The summed E-state index contributed by atoms with van der Waals surface area (Å²) in [5.41, 5.74) is -0.914. The first-order chi connectivity index (χ1) is 11.9. The molecule has 2 aromatic rings. The maximum Gasteiger partial charge on any atom is 0.286 e. The van der Waals surface area contributed by atoms with Crippen molar-refractivity contribution in [3.8, 4) is 0 Å². The molecule has 9 nitrogen and oxygen atoms in total. The van der Waals surface area contributed by atoms with E-state index in [4.69, 9.17) is 4.74 Å². The van der Waals surface area contributed by atoms with Gasteiger partial charge in [-0.25, -0.2) is 4.98 Å². The first-order valence-electron chi connectivity index (χ1n) is 8.44. The summed E-state index contributed by atoms with van der Waals surface area (Å²) in [5.74, 6) is 0.404. The summed E-state index contributed by atoms with van der Waals surface area (Å²) >= 11 is 0. The Morgan fingerprint density at radius 1 is 1.48 bits per heavy atom. The average Bonchev–Trinajstić information content (AvgIpc) is 3.15. The van der Waals surface area contributed by atoms with E-state index in [2.05, 4.69) is 15.1 Å². The Morgan fingerprint density at radius 3 is 3.04 bits per heavy atom. The fraction of sp³-hybridized carbons (Fsp3) is 0.625. The van der Waals surface area contributed by atoms with Gasteiger partial charge in [0, 0.05) is 19.9 Å². The number of ether oxygens (including phenoxy) is 1. The van der Waals surface area contributed by atoms with Crippen molar-refractivity contribution in [2.75, 3.05) is 13.7 Å². The molecule has 0 spiro atoms. The van der Waals surface area contributed by atoms with E-state index in [9.17, 15) is 14.7 Å². The molecule has 3 atom stereocenters. The third-order valence-electron chi connectivity index (χ3n) is 5.54. The molecule has 0 radical (unpaired) electrons. The highest BCUT2D eigenvalue weighted by atomic mass is 16.5. The lowest BCUT2D eigenvalue weighted by molar-refractivity contribution is -0.0824. The van der Waals surface area contributed by atoms with Crippen LogP contribution in [0.2, 0.25) is 0 Å². The van der Waals surface area contributed by atoms with Gasteiger partial charge in [-0.2, -0.15) is 9.50 Å². The third-order valence-corrected chi connectivity index (χ3v) is 5.54. The minimum atomic E-state index is -0.470. The number of amides is 1. The maximum absolute atomic E-state index is 13.0. The average molecular weight is 347 g/mol. The van der Waals surface area contributed by atoms with Gasteiger partial charge in [-0.05, 0) is 32.6 Å². The van der Waals surface area contributed by atoms with Crippen LogP contribution in [0.1, 0.15) is 41.9 Å². The Balaban J connectivity index is 1.71. The second-order valence-electron chi connectivity index (χ2n) is 6.88. The molecule has 134 valence electrons. The minimum Gasteiger partial charge on any atom is -0.393 e. The fourth-order valence-electron chi connectivity index (χ4n) is 4.18. The molecule has 2 aliphatic rings. The number of rotatable bonds is 2. The molecule has 2 aromatic heterocycles. The molecule has 0 bridgehead atoms. The molecule has 0 aromatic carbocycles. The Kier molecular flexibility index (Phi) is 3.66. The largest absolute Gasteiger partial charge is 0.393 e. The molecule has 2 N–H and O–H groups in total. The van der Waals surface area contributed by atoms with E-state index in [0.29, 0.717) is 38.1 Å². The number of aliphatic hydroxyl groups excluding tert-OH is 1. The number of aryl methyl sites for hydroxylation is 1. The molecule has 3 heterocycles. The molecule has 1 aliphatic heterocycles. The van der Waals surface area contributed by atoms with Gasteiger partial charge in [0.1, 0.15) is 11.4 Å². The number of hydrogen-bond donors (Lipinski definition) is 2. The SMILES string of the molecule is CO[C@@]12CC[C@@H](O)C[C@@H]1N(C(=O)c1cnc3nc(C)[nH]n3c1=O)CC2. The molecular weight excluding hydrogens is 326 g/mol. The Hall–Kier alpha value is -2.26. The lowest BCUT2D eigenvalue weighted by Gasteiger charge is -2.42. The van der Waals surface area contributed by atoms with Gasteiger partial charge < -0.3 is 14.7 Å². The number of carbonyl (C=O) groups is 1. The molecule has 4 rings (SSSR count). The molecule has 1 saturated heterocycles. The van der Waals surface area contributed by atoms with Gasteiger partial charge in [0.2, 0.25) is 0 Å². The van der Waals surface area contributed by atoms with Crippen LogP contribution in [0.25, 0.3) is 5.78 Å². The van der Waals surface area contributed by atoms with E-state index in [1.165, 1.54) is 10.7 Å². The first kappa shape index (κ1) is 16.2. The van der Waals surface area contributed by atoms with Gasteiger partial charge in [-0.15, -0.1) is 0 Å². The van der Waals surface area contributed by atoms with E-state index in [-0.39, 0.29) is 23.3 Å². The zero-order valence-electron chi connectivity index (χ0n) is 14.2. The quantitative estimate of drug-likeness (QED) is 0.782. The van der Waals surface area contributed by atoms with Crippen molar-refractivity contribution in [3.05, 3.63) is 27.9 Å². The second-order valence-corrected chi connectivity index (χ2v) is 6.88. The number of fused-ring (bicyclic) bond motifs is 2. The number of nitrogens with one attached hydrogen (secondary N) is 1. The highest BCUT2D eigenvalue weighted by Gasteiger charge is 2.52. The summed E-state index contributed by atoms with van der Waals surface area (Å²) in [4.78, 5) is 35.5. The number of likely N-dealkylation sites (tertiary alicyclic amines) is 1. The van der Waals surface area contributed by atoms with Crippen molar-refractivity contribution in [1.82, 2.24) is 24.5 Å². The van der Waals surface area contributed by atoms with Gasteiger partial charge in [0.15, 0.2) is 0 Å². The van der Waals surface area contributed by atoms with Crippen LogP contribution in [0.5, 0.6) is 0 Å². The highest BCUT2D eigenvalue weighted by Crippen LogP contribution is 2.42. The van der Waals surface area contributed by atoms with Gasteiger partial charge in [0.05, 0.1) is 17.7 Å². The Labute approximate surface area is 143 Å². The smallest absolute Gasteiger partial charge is 0.286 e. The van der Waals surface area contributed by atoms with Crippen LogP contribution >= 0.6 is 0 Å². The predicted octanol–water partition coefficient (Wildman–Crippen LogP) is -0.129. The van der Waals surface area contributed by atoms with Crippen molar-refractivity contribution in [2.45, 2.75) is 50.4 Å². The van der Waals surface area contributed by atoms with Crippen LogP contribution in [0.3, 0.4) is 0 Å². The molecular formula is C16H21N5O4. The predicted molar refractivity (Wildman–Crippen MR) is 87.4 cm³/mol. The summed E-state index contributed by atoms with van der Waals surface area (Å²) in [7, 11) is 1.65. The van der Waals surface area contributed by atoms with Crippen molar-refractivity contribution >= 4 is 11.7 Å². The van der Waals surface area contributed by atoms with Crippen molar-refractivity contribution in [3.63, 3.8) is 0 Å². The number of aromatic nitrogens is 4. The highest BCUT2D eigenvalue weighted by molar-refractivity contribution is 5.94. The van der Waals surface area contributed by atoms with Crippen molar-refractivity contribution < 1.29 is 14.6 Å². The number of H-pyrrole nitrogens is 1. The van der Waals surface area contributed by atoms with Gasteiger partial charge >= 0.3 is 0 Å². The Bertz CT molecular complexity index is 890. The minimum absolute atomic E-state index is 0.00637. The van der Waals surface area contributed by atoms with E-state index < -0.39 is 17.3 Å². The van der Waals surface area contributed by atoms with E-state index in [1.54, 1.807) is 18.9 Å². The van der Waals surface area contributed by atoms with Crippen LogP contribution in [-0.2, 0) is 4.74 Å². The lowest BCUT2D eigenvalue weighted by atomic mass is 9.79. The van der Waals surface area contributed by atoms with Crippen LogP contribution in [0, 0.1) is 6.92 Å². The standard InChI is InChI=1S/C16H21N5O4/c1-9-18-15-17-8-11(14(24)21(15)19-9)13(23)20-6-5-16(25-2)4-3-10(22)7-12(16)20/h8,10,12,22H,3-7H2,1-2H3,(H,17,18,19)/t10-,12+,16-/m1/s1. The molecule has 2 fully saturated rings. The zero-order valence-corrected chi connectivity index (χ0v) is 14.2. The third kappa shape index (κ3) is 2.37. The fourth-order valence-corrected chi connectivity index (χ4v) is 4.18. The first-order valence-corrected chi connectivity index (χ1v) is 8.44. The maximum atomic E-state index is 13.0. The Morgan fingerprint density at radius 2 is 2.28 bits per heavy atom. The number of hydrogen-bond acceptors (Lipinski definition) is 6. The second kappa shape index (κ2) is 5.63. The zero-order chi connectivity index (χ0) is 17.8. The van der Waals surface area contributed by atoms with Crippen LogP contribution < -0.4 is 5.56 Å². The number of methoxy groups -OCH3 is 1. The van der Waals surface area contributed by atoms with E-state index >= 15 is 0 Å². The number of nitrogens with zero attached hydrogens (tertiary/aromatic N) is 4. The van der Waals surface area contributed by atoms with Crippen LogP contribution in [0.15, 0.2) is 11.0 Å². The number of aliphatic hydroxyl groups is 1. The van der Waals surface area contributed by atoms with E-state index in [0.717, 1.165) is 0 Å². The van der Waals surface area contributed by atoms with Crippen LogP contribution in [-0.4, -0.2) is 66.9 Å². The summed E-state index contributed by atoms with van der Waals surface area (Å²) in [6.07, 6.45) is 3.35. The van der Waals surface area contributed by atoms with Gasteiger partial charge in [-0.1, -0.05) is 0 Å². The molecule has 1 aliphatic carbocycles. The van der Waals surface area contributed by atoms with Crippen molar-refractivity contribution in [1.29, 1.82) is 0 Å². The molecule has 1 saturated carbocycles. The summed E-state index contributed by atoms with van der Waals surface area (Å²) in [5, 5.41) is 12.8. The van der Waals surface area contributed by atoms with Gasteiger partial charge in [-0.3, -0.25) is 14.7 Å². The topological polar surface area (TPSA) is 113 Å². The molecule has 0 unspecified atom stereocenters. The monoisotopic (exact) mass is 347 g/mol. The molecule has 25 heavy (non-hydrogen) atoms. The number of carbonyl (C=O) groups excluding carboxylic acids is 1.